The van der Waals surface area contributed by atoms with Gasteiger partial charge in [-0.1, -0.05) is 44.2 Å². The Labute approximate surface area is 143 Å². The maximum Gasteiger partial charge on any atom is 0.119 e. The van der Waals surface area contributed by atoms with Gasteiger partial charge in [0, 0.05) is 17.6 Å². The first kappa shape index (κ1) is 16.5. The van der Waals surface area contributed by atoms with E-state index in [-0.39, 0.29) is 0 Å². The van der Waals surface area contributed by atoms with E-state index in [9.17, 15) is 0 Å². The first-order chi connectivity index (χ1) is 11.6. The molecular formula is C21H24N2O. The lowest BCUT2D eigenvalue weighted by atomic mass is 9.91. The maximum atomic E-state index is 6.15. The molecule has 0 spiro atoms. The fourth-order valence-corrected chi connectivity index (χ4v) is 3.17. The van der Waals surface area contributed by atoms with E-state index in [4.69, 9.17) is 15.5 Å². The van der Waals surface area contributed by atoms with Gasteiger partial charge in [0.1, 0.15) is 5.75 Å². The zero-order valence-corrected chi connectivity index (χ0v) is 14.5. The van der Waals surface area contributed by atoms with Crippen molar-refractivity contribution in [2.45, 2.75) is 26.8 Å². The molecule has 3 nitrogen and oxygen atoms in total. The van der Waals surface area contributed by atoms with Crippen LogP contribution in [0, 0.1) is 5.92 Å². The van der Waals surface area contributed by atoms with E-state index in [1.54, 1.807) is 7.11 Å². The molecule has 1 aromatic heterocycles. The number of benzene rings is 2. The summed E-state index contributed by atoms with van der Waals surface area (Å²) in [5, 5.41) is 1.09. The van der Waals surface area contributed by atoms with Crippen LogP contribution in [0.2, 0.25) is 0 Å². The number of rotatable bonds is 5. The average Bonchev–Trinajstić information content (AvgIpc) is 2.60. The molecule has 1 heterocycles. The molecule has 3 heteroatoms. The Bertz CT molecular complexity index is 841. The number of ether oxygens (including phenoxy) is 1. The summed E-state index contributed by atoms with van der Waals surface area (Å²) in [6.07, 6.45) is 0.925. The number of hydrogen-bond donors (Lipinski definition) is 1. The van der Waals surface area contributed by atoms with Crippen LogP contribution in [0.25, 0.3) is 22.0 Å². The zero-order valence-electron chi connectivity index (χ0n) is 14.5. The summed E-state index contributed by atoms with van der Waals surface area (Å²) in [5.41, 5.74) is 11.7. The summed E-state index contributed by atoms with van der Waals surface area (Å²) in [5.74, 6) is 1.36. The summed E-state index contributed by atoms with van der Waals surface area (Å²) in [6, 6.07) is 16.5. The van der Waals surface area contributed by atoms with Gasteiger partial charge in [-0.2, -0.15) is 0 Å². The van der Waals surface area contributed by atoms with E-state index in [1.165, 1.54) is 11.1 Å². The number of pyridine rings is 1. The highest BCUT2D eigenvalue weighted by Crippen LogP contribution is 2.35. The fraction of sp³-hybridized carbons (Fsp3) is 0.286. The molecule has 0 fully saturated rings. The van der Waals surface area contributed by atoms with Gasteiger partial charge in [-0.25, -0.2) is 0 Å². The molecule has 2 N–H and O–H groups in total. The Morgan fingerprint density at radius 1 is 1.08 bits per heavy atom. The van der Waals surface area contributed by atoms with E-state index in [1.807, 2.05) is 18.2 Å². The number of methoxy groups -OCH3 is 1. The van der Waals surface area contributed by atoms with Crippen LogP contribution >= 0.6 is 0 Å². The molecule has 0 unspecified atom stereocenters. The molecule has 0 aliphatic carbocycles. The van der Waals surface area contributed by atoms with Crippen LogP contribution in [0.5, 0.6) is 5.75 Å². The minimum absolute atomic E-state index is 0.479. The quantitative estimate of drug-likeness (QED) is 0.749. The molecular weight excluding hydrogens is 296 g/mol. The van der Waals surface area contributed by atoms with Gasteiger partial charge in [-0.15, -0.1) is 0 Å². The molecule has 0 aliphatic rings. The Balaban J connectivity index is 2.37. The van der Waals surface area contributed by atoms with Gasteiger partial charge in [0.15, 0.2) is 0 Å². The standard InChI is InChI=1S/C21H24N2O/c1-14(2)11-20-18(13-22)21(15-7-5-4-6-8-15)17-12-16(24-3)9-10-19(17)23-20/h4-10,12,14H,11,13,22H2,1-3H3. The van der Waals surface area contributed by atoms with Gasteiger partial charge < -0.3 is 10.5 Å². The van der Waals surface area contributed by atoms with Crippen LogP contribution in [0.15, 0.2) is 48.5 Å². The molecule has 0 bridgehead atoms. The highest BCUT2D eigenvalue weighted by molar-refractivity contribution is 5.97. The van der Waals surface area contributed by atoms with Crippen molar-refractivity contribution < 1.29 is 4.74 Å². The summed E-state index contributed by atoms with van der Waals surface area (Å²) in [4.78, 5) is 4.91. The Morgan fingerprint density at radius 3 is 2.46 bits per heavy atom. The molecule has 3 aromatic rings. The van der Waals surface area contributed by atoms with Crippen molar-refractivity contribution in [2.75, 3.05) is 7.11 Å². The smallest absolute Gasteiger partial charge is 0.119 e. The maximum absolute atomic E-state index is 6.15. The number of fused-ring (bicyclic) bond motifs is 1. The van der Waals surface area contributed by atoms with Crippen molar-refractivity contribution in [3.8, 4) is 16.9 Å². The van der Waals surface area contributed by atoms with Crippen molar-refractivity contribution in [3.05, 3.63) is 59.8 Å². The molecule has 124 valence electrons. The zero-order chi connectivity index (χ0) is 17.1. The second-order valence-corrected chi connectivity index (χ2v) is 6.46. The third-order valence-corrected chi connectivity index (χ3v) is 4.25. The molecule has 0 saturated heterocycles. The monoisotopic (exact) mass is 320 g/mol. The van der Waals surface area contributed by atoms with Crippen molar-refractivity contribution in [2.24, 2.45) is 11.7 Å². The van der Waals surface area contributed by atoms with E-state index in [2.05, 4.69) is 44.2 Å². The van der Waals surface area contributed by atoms with Crippen LogP contribution < -0.4 is 10.5 Å². The van der Waals surface area contributed by atoms with Crippen molar-refractivity contribution in [1.29, 1.82) is 0 Å². The van der Waals surface area contributed by atoms with E-state index in [0.717, 1.165) is 34.3 Å². The molecule has 0 saturated carbocycles. The van der Waals surface area contributed by atoms with Gasteiger partial charge in [-0.3, -0.25) is 4.98 Å². The minimum Gasteiger partial charge on any atom is -0.497 e. The second kappa shape index (κ2) is 7.02. The third kappa shape index (κ3) is 3.13. The Morgan fingerprint density at radius 2 is 1.83 bits per heavy atom. The number of aromatic nitrogens is 1. The predicted octanol–water partition coefficient (Wildman–Crippen LogP) is 4.57. The Kier molecular flexibility index (Phi) is 4.81. The van der Waals surface area contributed by atoms with Crippen LogP contribution in [-0.2, 0) is 13.0 Å². The number of hydrogen-bond acceptors (Lipinski definition) is 3. The van der Waals surface area contributed by atoms with Crippen molar-refractivity contribution in [1.82, 2.24) is 4.98 Å². The molecule has 0 atom stereocenters. The average molecular weight is 320 g/mol. The van der Waals surface area contributed by atoms with Gasteiger partial charge >= 0.3 is 0 Å². The number of nitrogens with two attached hydrogens (primary N) is 1. The SMILES string of the molecule is COc1ccc2nc(CC(C)C)c(CN)c(-c3ccccc3)c2c1. The van der Waals surface area contributed by atoms with E-state index >= 15 is 0 Å². The first-order valence-electron chi connectivity index (χ1n) is 8.39. The summed E-state index contributed by atoms with van der Waals surface area (Å²) in [7, 11) is 1.69. The van der Waals surface area contributed by atoms with E-state index < -0.39 is 0 Å². The Hall–Kier alpha value is -2.39. The molecule has 0 radical (unpaired) electrons. The molecule has 24 heavy (non-hydrogen) atoms. The molecule has 2 aromatic carbocycles. The van der Waals surface area contributed by atoms with Gasteiger partial charge in [0.25, 0.3) is 0 Å². The topological polar surface area (TPSA) is 48.1 Å². The second-order valence-electron chi connectivity index (χ2n) is 6.46. The predicted molar refractivity (Wildman–Crippen MR) is 100 cm³/mol. The van der Waals surface area contributed by atoms with Crippen molar-refractivity contribution in [3.63, 3.8) is 0 Å². The molecule has 3 rings (SSSR count). The van der Waals surface area contributed by atoms with Crippen LogP contribution in [-0.4, -0.2) is 12.1 Å². The van der Waals surface area contributed by atoms with Crippen LogP contribution in [0.3, 0.4) is 0 Å². The largest absolute Gasteiger partial charge is 0.497 e. The lowest BCUT2D eigenvalue weighted by Gasteiger charge is -2.18. The summed E-state index contributed by atoms with van der Waals surface area (Å²) < 4.78 is 5.42. The molecule has 0 aliphatic heterocycles. The lowest BCUT2D eigenvalue weighted by molar-refractivity contribution is 0.415. The van der Waals surface area contributed by atoms with Crippen LogP contribution in [0.4, 0.5) is 0 Å². The van der Waals surface area contributed by atoms with E-state index in [0.29, 0.717) is 12.5 Å². The van der Waals surface area contributed by atoms with Gasteiger partial charge in [-0.05, 0) is 47.2 Å². The highest BCUT2D eigenvalue weighted by atomic mass is 16.5. The van der Waals surface area contributed by atoms with Crippen molar-refractivity contribution >= 4 is 10.9 Å². The van der Waals surface area contributed by atoms with Gasteiger partial charge in [0.05, 0.1) is 12.6 Å². The third-order valence-electron chi connectivity index (χ3n) is 4.25. The highest BCUT2D eigenvalue weighted by Gasteiger charge is 2.17. The van der Waals surface area contributed by atoms with Crippen LogP contribution in [0.1, 0.15) is 25.1 Å². The fourth-order valence-electron chi connectivity index (χ4n) is 3.17. The lowest BCUT2D eigenvalue weighted by Crippen LogP contribution is -2.09. The van der Waals surface area contributed by atoms with Gasteiger partial charge in [0.2, 0.25) is 0 Å². The summed E-state index contributed by atoms with van der Waals surface area (Å²) >= 11 is 0. The molecule has 0 amide bonds. The normalized spacial score (nSPS) is 11.2. The summed E-state index contributed by atoms with van der Waals surface area (Å²) in [6.45, 7) is 4.90. The minimum atomic E-state index is 0.479. The first-order valence-corrected chi connectivity index (χ1v) is 8.39. The number of nitrogens with zero attached hydrogens (tertiary/aromatic N) is 1.